The first-order chi connectivity index (χ1) is 8.84. The molecule has 1 unspecified atom stereocenters. The van der Waals surface area contributed by atoms with Crippen molar-refractivity contribution in [3.8, 4) is 0 Å². The van der Waals surface area contributed by atoms with Gasteiger partial charge in [0.1, 0.15) is 0 Å². The van der Waals surface area contributed by atoms with Crippen LogP contribution in [0.15, 0.2) is 29.2 Å². The molecular formula is C11H11N5OS. The second kappa shape index (κ2) is 4.77. The number of amides is 1. The number of benzene rings is 1. The van der Waals surface area contributed by atoms with Gasteiger partial charge in [-0.1, -0.05) is 23.4 Å². The number of fused-ring (bicyclic) bond motifs is 1. The lowest BCUT2D eigenvalue weighted by atomic mass is 10.0. The van der Waals surface area contributed by atoms with Crippen LogP contribution in [-0.2, 0) is 11.3 Å². The normalized spacial score (nSPS) is 17.4. The van der Waals surface area contributed by atoms with Crippen LogP contribution in [-0.4, -0.2) is 32.3 Å². The third-order valence-corrected chi connectivity index (χ3v) is 4.01. The number of hydrogen-bond donors (Lipinski definition) is 2. The summed E-state index contributed by atoms with van der Waals surface area (Å²) in [4.78, 5) is 13.3. The standard InChI is InChI=1S/C11H11N5OS/c17-11(12-5-10-13-15-16-14-10)8-6-18-9-4-2-1-3-7(8)9/h1-4,8H,5-6H2,(H,12,17)(H,13,14,15,16). The second-order valence-corrected chi connectivity index (χ2v) is 5.01. The van der Waals surface area contributed by atoms with Gasteiger partial charge in [0.25, 0.3) is 0 Å². The van der Waals surface area contributed by atoms with Gasteiger partial charge in [0.2, 0.25) is 5.91 Å². The van der Waals surface area contributed by atoms with Crippen molar-refractivity contribution in [3.63, 3.8) is 0 Å². The average molecular weight is 261 g/mol. The van der Waals surface area contributed by atoms with E-state index >= 15 is 0 Å². The molecule has 6 nitrogen and oxygen atoms in total. The van der Waals surface area contributed by atoms with Gasteiger partial charge in [-0.05, 0) is 11.6 Å². The summed E-state index contributed by atoms with van der Waals surface area (Å²) in [5.74, 6) is 1.20. The average Bonchev–Trinajstić information content (AvgIpc) is 3.05. The lowest BCUT2D eigenvalue weighted by molar-refractivity contribution is -0.122. The molecule has 0 spiro atoms. The molecule has 1 amide bonds. The molecule has 0 aliphatic carbocycles. The quantitative estimate of drug-likeness (QED) is 0.850. The van der Waals surface area contributed by atoms with Crippen LogP contribution in [0.1, 0.15) is 17.3 Å². The van der Waals surface area contributed by atoms with E-state index in [1.54, 1.807) is 11.8 Å². The smallest absolute Gasteiger partial charge is 0.228 e. The van der Waals surface area contributed by atoms with Crippen LogP contribution < -0.4 is 5.32 Å². The number of nitrogens with zero attached hydrogens (tertiary/aromatic N) is 3. The van der Waals surface area contributed by atoms with Crippen LogP contribution in [0, 0.1) is 0 Å². The first-order valence-electron chi connectivity index (χ1n) is 5.56. The number of carbonyl (C=O) groups excluding carboxylic acids is 1. The number of thioether (sulfide) groups is 1. The molecule has 1 aromatic carbocycles. The van der Waals surface area contributed by atoms with Crippen LogP contribution in [0.5, 0.6) is 0 Å². The molecule has 2 N–H and O–H groups in total. The summed E-state index contributed by atoms with van der Waals surface area (Å²) in [5.41, 5.74) is 1.10. The predicted octanol–water partition coefficient (Wildman–Crippen LogP) is 0.705. The van der Waals surface area contributed by atoms with E-state index in [2.05, 4.69) is 25.9 Å². The van der Waals surface area contributed by atoms with Gasteiger partial charge >= 0.3 is 0 Å². The van der Waals surface area contributed by atoms with E-state index in [1.165, 1.54) is 4.90 Å². The molecule has 18 heavy (non-hydrogen) atoms. The molecule has 0 saturated heterocycles. The van der Waals surface area contributed by atoms with E-state index in [-0.39, 0.29) is 11.8 Å². The molecule has 1 aromatic heterocycles. The van der Waals surface area contributed by atoms with Gasteiger partial charge in [0.05, 0.1) is 12.5 Å². The summed E-state index contributed by atoms with van der Waals surface area (Å²) in [7, 11) is 0. The zero-order chi connectivity index (χ0) is 12.4. The van der Waals surface area contributed by atoms with E-state index in [4.69, 9.17) is 0 Å². The Balaban J connectivity index is 1.67. The monoisotopic (exact) mass is 261 g/mol. The highest BCUT2D eigenvalue weighted by molar-refractivity contribution is 7.99. The molecule has 2 aromatic rings. The molecule has 1 aliphatic rings. The van der Waals surface area contributed by atoms with Crippen LogP contribution >= 0.6 is 11.8 Å². The molecular weight excluding hydrogens is 250 g/mol. The summed E-state index contributed by atoms with van der Waals surface area (Å²) in [6, 6.07) is 8.01. The Morgan fingerprint density at radius 1 is 1.50 bits per heavy atom. The molecule has 7 heteroatoms. The Morgan fingerprint density at radius 2 is 2.39 bits per heavy atom. The minimum absolute atomic E-state index is 0.0113. The fourth-order valence-corrected chi connectivity index (χ4v) is 3.16. The largest absolute Gasteiger partial charge is 0.348 e. The van der Waals surface area contributed by atoms with Crippen molar-refractivity contribution in [2.24, 2.45) is 0 Å². The maximum absolute atomic E-state index is 12.1. The summed E-state index contributed by atoms with van der Waals surface area (Å²) in [5, 5.41) is 16.2. The Labute approximate surface area is 108 Å². The number of carbonyl (C=O) groups is 1. The molecule has 92 valence electrons. The number of hydrogen-bond acceptors (Lipinski definition) is 5. The van der Waals surface area contributed by atoms with Gasteiger partial charge in [0, 0.05) is 10.6 Å². The predicted molar refractivity (Wildman–Crippen MR) is 65.9 cm³/mol. The zero-order valence-electron chi connectivity index (χ0n) is 9.46. The van der Waals surface area contributed by atoms with Gasteiger partial charge in [-0.2, -0.15) is 5.21 Å². The van der Waals surface area contributed by atoms with E-state index in [9.17, 15) is 4.79 Å². The van der Waals surface area contributed by atoms with Crippen molar-refractivity contribution in [1.82, 2.24) is 25.9 Å². The van der Waals surface area contributed by atoms with Gasteiger partial charge < -0.3 is 5.32 Å². The SMILES string of the molecule is O=C(NCc1nn[nH]n1)C1CSc2ccccc21. The minimum atomic E-state index is -0.0851. The van der Waals surface area contributed by atoms with Gasteiger partial charge in [-0.3, -0.25) is 4.79 Å². The maximum Gasteiger partial charge on any atom is 0.228 e. The molecule has 0 bridgehead atoms. The number of aromatic amines is 1. The first-order valence-corrected chi connectivity index (χ1v) is 6.55. The van der Waals surface area contributed by atoms with Gasteiger partial charge in [-0.25, -0.2) is 0 Å². The van der Waals surface area contributed by atoms with E-state index in [0.717, 1.165) is 11.3 Å². The zero-order valence-corrected chi connectivity index (χ0v) is 10.3. The third kappa shape index (κ3) is 2.08. The number of tetrazole rings is 1. The Hall–Kier alpha value is -1.89. The molecule has 0 fully saturated rings. The van der Waals surface area contributed by atoms with Crippen molar-refractivity contribution in [2.45, 2.75) is 17.4 Å². The number of rotatable bonds is 3. The fourth-order valence-electron chi connectivity index (χ4n) is 1.93. The molecule has 0 saturated carbocycles. The van der Waals surface area contributed by atoms with Crippen LogP contribution in [0.2, 0.25) is 0 Å². The van der Waals surface area contributed by atoms with Crippen molar-refractivity contribution in [2.75, 3.05) is 5.75 Å². The summed E-state index contributed by atoms with van der Waals surface area (Å²) >= 11 is 1.72. The first kappa shape index (κ1) is 11.2. The van der Waals surface area contributed by atoms with E-state index in [1.807, 2.05) is 24.3 Å². The third-order valence-electron chi connectivity index (χ3n) is 2.83. The highest BCUT2D eigenvalue weighted by Gasteiger charge is 2.28. The van der Waals surface area contributed by atoms with E-state index in [0.29, 0.717) is 12.4 Å². The van der Waals surface area contributed by atoms with Crippen LogP contribution in [0.4, 0.5) is 0 Å². The summed E-state index contributed by atoms with van der Waals surface area (Å²) in [6.45, 7) is 0.304. The molecule has 2 heterocycles. The number of H-pyrrole nitrogens is 1. The van der Waals surface area contributed by atoms with E-state index < -0.39 is 0 Å². The van der Waals surface area contributed by atoms with Crippen molar-refractivity contribution in [1.29, 1.82) is 0 Å². The Kier molecular flexibility index (Phi) is 2.97. The molecule has 1 aliphatic heterocycles. The van der Waals surface area contributed by atoms with Gasteiger partial charge in [-0.15, -0.1) is 22.0 Å². The van der Waals surface area contributed by atoms with Crippen molar-refractivity contribution >= 4 is 17.7 Å². The highest BCUT2D eigenvalue weighted by Crippen LogP contribution is 2.39. The topological polar surface area (TPSA) is 83.6 Å². The lowest BCUT2D eigenvalue weighted by Crippen LogP contribution is -2.29. The van der Waals surface area contributed by atoms with Crippen LogP contribution in [0.3, 0.4) is 0 Å². The Morgan fingerprint density at radius 3 is 3.22 bits per heavy atom. The number of nitrogens with one attached hydrogen (secondary N) is 2. The van der Waals surface area contributed by atoms with Crippen LogP contribution in [0.25, 0.3) is 0 Å². The minimum Gasteiger partial charge on any atom is -0.348 e. The van der Waals surface area contributed by atoms with Crippen molar-refractivity contribution in [3.05, 3.63) is 35.7 Å². The van der Waals surface area contributed by atoms with Gasteiger partial charge in [0.15, 0.2) is 5.82 Å². The number of aromatic nitrogens is 4. The molecule has 1 atom stereocenters. The summed E-state index contributed by atoms with van der Waals surface area (Å²) in [6.07, 6.45) is 0. The Bertz CT molecular complexity index is 556. The highest BCUT2D eigenvalue weighted by atomic mass is 32.2. The lowest BCUT2D eigenvalue weighted by Gasteiger charge is -2.10. The molecule has 3 rings (SSSR count). The molecule has 0 radical (unpaired) electrons. The fraction of sp³-hybridized carbons (Fsp3) is 0.273. The second-order valence-electron chi connectivity index (χ2n) is 3.95. The maximum atomic E-state index is 12.1. The van der Waals surface area contributed by atoms with Crippen molar-refractivity contribution < 1.29 is 4.79 Å². The summed E-state index contributed by atoms with van der Waals surface area (Å²) < 4.78 is 0.